The largest absolute Gasteiger partial charge is 0.481 e. The van der Waals surface area contributed by atoms with E-state index in [1.54, 1.807) is 0 Å². The van der Waals surface area contributed by atoms with E-state index in [9.17, 15) is 9.90 Å². The molecule has 0 bridgehead atoms. The van der Waals surface area contributed by atoms with Crippen molar-refractivity contribution < 1.29 is 15.0 Å². The van der Waals surface area contributed by atoms with Gasteiger partial charge >= 0.3 is 5.97 Å². The monoisotopic (exact) mass is 404 g/mol. The number of aliphatic carboxylic acids is 1. The normalized spacial score (nSPS) is 50.3. The molecule has 3 heteroatoms. The molecule has 0 aromatic carbocycles. The number of carbonyl (C=O) groups is 1. The molecule has 0 spiro atoms. The summed E-state index contributed by atoms with van der Waals surface area (Å²) >= 11 is 0. The lowest BCUT2D eigenvalue weighted by atomic mass is 9.41. The highest BCUT2D eigenvalue weighted by Crippen LogP contribution is 2.69. The molecule has 166 valence electrons. The average Bonchev–Trinajstić information content (AvgIpc) is 3.04. The third-order valence-corrected chi connectivity index (χ3v) is 10.9. The zero-order valence-corrected chi connectivity index (χ0v) is 19.2. The predicted octanol–water partition coefficient (Wildman–Crippen LogP) is 6.14. The van der Waals surface area contributed by atoms with Crippen molar-refractivity contribution in [3.05, 3.63) is 0 Å². The lowest BCUT2D eigenvalue weighted by molar-refractivity contribution is -0.194. The highest BCUT2D eigenvalue weighted by molar-refractivity contribution is 5.66. The lowest BCUT2D eigenvalue weighted by Crippen LogP contribution is -2.61. The molecule has 3 nitrogen and oxygen atoms in total. The summed E-state index contributed by atoms with van der Waals surface area (Å²) < 4.78 is 0. The first-order valence-electron chi connectivity index (χ1n) is 12.6. The van der Waals surface area contributed by atoms with Gasteiger partial charge in [-0.1, -0.05) is 47.0 Å². The Morgan fingerprint density at radius 1 is 1.00 bits per heavy atom. The number of aliphatic hydroxyl groups is 1. The summed E-state index contributed by atoms with van der Waals surface area (Å²) in [6.45, 7) is 9.69. The molecule has 4 saturated carbocycles. The van der Waals surface area contributed by atoms with Crippen LogP contribution in [0.4, 0.5) is 0 Å². The molecule has 10 atom stereocenters. The Kier molecular flexibility index (Phi) is 5.86. The van der Waals surface area contributed by atoms with Crippen molar-refractivity contribution >= 4 is 5.97 Å². The molecule has 0 radical (unpaired) electrons. The summed E-state index contributed by atoms with van der Waals surface area (Å²) in [6.07, 6.45) is 12.5. The van der Waals surface area contributed by atoms with Gasteiger partial charge in [0.15, 0.2) is 0 Å². The van der Waals surface area contributed by atoms with Crippen molar-refractivity contribution in [2.45, 2.75) is 104 Å². The molecule has 0 saturated heterocycles. The lowest BCUT2D eigenvalue weighted by Gasteiger charge is -2.64. The number of carboxylic acid groups (broad SMARTS) is 1. The average molecular weight is 405 g/mol. The van der Waals surface area contributed by atoms with E-state index in [0.29, 0.717) is 53.3 Å². The molecule has 0 aliphatic heterocycles. The highest BCUT2D eigenvalue weighted by Gasteiger charge is 2.64. The van der Waals surface area contributed by atoms with Gasteiger partial charge < -0.3 is 10.2 Å². The molecule has 0 aromatic rings. The zero-order valence-electron chi connectivity index (χ0n) is 19.2. The molecule has 0 amide bonds. The van der Waals surface area contributed by atoms with Gasteiger partial charge in [-0.05, 0) is 97.2 Å². The fraction of sp³-hybridized carbons (Fsp3) is 0.962. The van der Waals surface area contributed by atoms with E-state index < -0.39 is 5.97 Å². The first-order chi connectivity index (χ1) is 13.7. The van der Waals surface area contributed by atoms with Crippen LogP contribution in [0.25, 0.3) is 0 Å². The predicted molar refractivity (Wildman–Crippen MR) is 116 cm³/mol. The van der Waals surface area contributed by atoms with E-state index in [4.69, 9.17) is 5.11 Å². The molecule has 4 aliphatic carbocycles. The Morgan fingerprint density at radius 2 is 1.72 bits per heavy atom. The summed E-state index contributed by atoms with van der Waals surface area (Å²) in [6, 6.07) is 0. The maximum atomic E-state index is 11.7. The summed E-state index contributed by atoms with van der Waals surface area (Å²) in [5.74, 6) is 3.41. The second kappa shape index (κ2) is 7.84. The molecule has 2 N–H and O–H groups in total. The Labute approximate surface area is 178 Å². The third-order valence-electron chi connectivity index (χ3n) is 10.9. The SMILES string of the molecule is CC[C@H]1[C@@H](O)C2C3CCC([C@H](C)CCC(=O)O)[C@@]3(C)CCC2[C@@]2(C)CCCC[C@@H]12. The van der Waals surface area contributed by atoms with Crippen molar-refractivity contribution in [3.8, 4) is 0 Å². The summed E-state index contributed by atoms with van der Waals surface area (Å²) in [5.41, 5.74) is 0.716. The van der Waals surface area contributed by atoms with Crippen LogP contribution in [-0.4, -0.2) is 22.3 Å². The van der Waals surface area contributed by atoms with Gasteiger partial charge in [0.2, 0.25) is 0 Å². The van der Waals surface area contributed by atoms with Crippen LogP contribution in [0.5, 0.6) is 0 Å². The molecular formula is C26H44O3. The molecule has 0 aromatic heterocycles. The van der Waals surface area contributed by atoms with E-state index in [1.807, 2.05) is 0 Å². The van der Waals surface area contributed by atoms with E-state index in [1.165, 1.54) is 51.4 Å². The third kappa shape index (κ3) is 3.29. The minimum absolute atomic E-state index is 0.126. The first kappa shape index (κ1) is 21.7. The van der Waals surface area contributed by atoms with Crippen LogP contribution in [0.1, 0.15) is 98.3 Å². The fourth-order valence-corrected chi connectivity index (χ4v) is 9.57. The second-order valence-corrected chi connectivity index (χ2v) is 11.8. The van der Waals surface area contributed by atoms with Gasteiger partial charge in [0.25, 0.3) is 0 Å². The topological polar surface area (TPSA) is 57.5 Å². The fourth-order valence-electron chi connectivity index (χ4n) is 9.57. The van der Waals surface area contributed by atoms with E-state index >= 15 is 0 Å². The van der Waals surface area contributed by atoms with Gasteiger partial charge in [0.1, 0.15) is 0 Å². The first-order valence-corrected chi connectivity index (χ1v) is 12.6. The van der Waals surface area contributed by atoms with E-state index in [-0.39, 0.29) is 11.5 Å². The van der Waals surface area contributed by atoms with Crippen molar-refractivity contribution in [1.29, 1.82) is 0 Å². The summed E-state index contributed by atoms with van der Waals surface area (Å²) in [4.78, 5) is 11.1. The van der Waals surface area contributed by atoms with Gasteiger partial charge in [0.05, 0.1) is 6.10 Å². The Hall–Kier alpha value is -0.570. The maximum absolute atomic E-state index is 11.7. The summed E-state index contributed by atoms with van der Waals surface area (Å²) in [5, 5.41) is 20.9. The Balaban J connectivity index is 1.61. The molecule has 29 heavy (non-hydrogen) atoms. The number of hydrogen-bond donors (Lipinski definition) is 2. The van der Waals surface area contributed by atoms with Crippen molar-refractivity contribution in [1.82, 2.24) is 0 Å². The molecular weight excluding hydrogens is 360 g/mol. The van der Waals surface area contributed by atoms with Crippen LogP contribution in [-0.2, 0) is 4.79 Å². The van der Waals surface area contributed by atoms with Crippen LogP contribution in [0.15, 0.2) is 0 Å². The summed E-state index contributed by atoms with van der Waals surface area (Å²) in [7, 11) is 0. The minimum Gasteiger partial charge on any atom is -0.481 e. The van der Waals surface area contributed by atoms with Crippen LogP contribution in [0.2, 0.25) is 0 Å². The standard InChI is InChI=1S/C26H44O3/c1-5-17-19-8-6-7-14-25(19,3)21-13-15-26(4)18(16(2)9-12-22(27)28)10-11-20(26)23(21)24(17)29/h16-21,23-24,29H,5-15H2,1-4H3,(H,27,28)/t16-,17-,18?,19+,20?,21?,23?,24-,25+,26-/m1/s1. The van der Waals surface area contributed by atoms with E-state index in [2.05, 4.69) is 27.7 Å². The van der Waals surface area contributed by atoms with Crippen molar-refractivity contribution in [2.75, 3.05) is 0 Å². The highest BCUT2D eigenvalue weighted by atomic mass is 16.4. The molecule has 0 heterocycles. The molecule has 4 aliphatic rings. The van der Waals surface area contributed by atoms with Crippen LogP contribution in [0.3, 0.4) is 0 Å². The quantitative estimate of drug-likeness (QED) is 0.578. The Morgan fingerprint density at radius 3 is 2.41 bits per heavy atom. The Bertz CT molecular complexity index is 617. The van der Waals surface area contributed by atoms with Crippen LogP contribution in [0, 0.1) is 52.3 Å². The van der Waals surface area contributed by atoms with Gasteiger partial charge in [-0.2, -0.15) is 0 Å². The van der Waals surface area contributed by atoms with E-state index in [0.717, 1.165) is 12.8 Å². The molecule has 4 fully saturated rings. The maximum Gasteiger partial charge on any atom is 0.303 e. The van der Waals surface area contributed by atoms with Crippen molar-refractivity contribution in [3.63, 3.8) is 0 Å². The number of carboxylic acids is 1. The van der Waals surface area contributed by atoms with Gasteiger partial charge in [0, 0.05) is 6.42 Å². The van der Waals surface area contributed by atoms with Crippen LogP contribution < -0.4 is 0 Å². The molecule has 4 rings (SSSR count). The van der Waals surface area contributed by atoms with Gasteiger partial charge in [-0.3, -0.25) is 4.79 Å². The number of fused-ring (bicyclic) bond motifs is 5. The second-order valence-electron chi connectivity index (χ2n) is 11.8. The smallest absolute Gasteiger partial charge is 0.303 e. The number of hydrogen-bond acceptors (Lipinski definition) is 2. The van der Waals surface area contributed by atoms with Crippen molar-refractivity contribution in [2.24, 2.45) is 52.3 Å². The zero-order chi connectivity index (χ0) is 21.0. The minimum atomic E-state index is -0.662. The van der Waals surface area contributed by atoms with Gasteiger partial charge in [-0.15, -0.1) is 0 Å². The number of rotatable bonds is 5. The van der Waals surface area contributed by atoms with Crippen LogP contribution >= 0.6 is 0 Å². The van der Waals surface area contributed by atoms with Gasteiger partial charge in [-0.25, -0.2) is 0 Å². The molecule has 4 unspecified atom stereocenters. The number of aliphatic hydroxyl groups excluding tert-OH is 1.